The lowest BCUT2D eigenvalue weighted by molar-refractivity contribution is -0.142. The first-order chi connectivity index (χ1) is 17.0. The third kappa shape index (κ3) is 5.68. The third-order valence-electron chi connectivity index (χ3n) is 6.17. The monoisotopic (exact) mass is 517 g/mol. The Morgan fingerprint density at radius 3 is 2.33 bits per heavy atom. The number of piperazine rings is 1. The number of carboxylic acid groups (broad SMARTS) is 1. The van der Waals surface area contributed by atoms with Crippen LogP contribution in [0.15, 0.2) is 53.4 Å². The molecule has 1 unspecified atom stereocenters. The normalized spacial score (nSPS) is 16.6. The third-order valence-corrected chi connectivity index (χ3v) is 8.08. The average Bonchev–Trinajstić information content (AvgIpc) is 2.86. The van der Waals surface area contributed by atoms with E-state index < -0.39 is 27.9 Å². The summed E-state index contributed by atoms with van der Waals surface area (Å²) < 4.78 is 33.6. The van der Waals surface area contributed by atoms with Crippen LogP contribution in [0.2, 0.25) is 0 Å². The molecule has 11 heteroatoms. The lowest BCUT2D eigenvalue weighted by Gasteiger charge is -2.42. The number of carboxylic acids is 1. The average molecular weight is 518 g/mol. The summed E-state index contributed by atoms with van der Waals surface area (Å²) in [4.78, 5) is 40.4. The molecule has 1 aliphatic rings. The maximum atomic E-state index is 13.8. The Kier molecular flexibility index (Phi) is 8.36. The van der Waals surface area contributed by atoms with Gasteiger partial charge < -0.3 is 19.6 Å². The van der Waals surface area contributed by atoms with Crippen molar-refractivity contribution in [2.75, 3.05) is 26.7 Å². The Morgan fingerprint density at radius 1 is 1.11 bits per heavy atom. The van der Waals surface area contributed by atoms with Gasteiger partial charge in [-0.25, -0.2) is 13.2 Å². The predicted molar refractivity (Wildman–Crippen MR) is 132 cm³/mol. The maximum Gasteiger partial charge on any atom is 0.339 e. The van der Waals surface area contributed by atoms with Crippen molar-refractivity contribution in [3.8, 4) is 5.75 Å². The number of rotatable bonds is 8. The minimum absolute atomic E-state index is 0.0179. The van der Waals surface area contributed by atoms with Gasteiger partial charge in [-0.3, -0.25) is 9.59 Å². The molecule has 0 aromatic heterocycles. The molecule has 2 aromatic carbocycles. The van der Waals surface area contributed by atoms with Crippen LogP contribution in [-0.4, -0.2) is 84.2 Å². The lowest BCUT2D eigenvalue weighted by atomic mass is 10.1. The van der Waals surface area contributed by atoms with Crippen molar-refractivity contribution in [2.45, 2.75) is 44.3 Å². The maximum absolute atomic E-state index is 13.8. The molecule has 1 N–H and O–H groups in total. The summed E-state index contributed by atoms with van der Waals surface area (Å²) in [6, 6.07) is 11.5. The molecule has 1 fully saturated rings. The molecule has 0 radical (unpaired) electrons. The number of nitrogens with zero attached hydrogens (tertiary/aromatic N) is 3. The summed E-state index contributed by atoms with van der Waals surface area (Å²) >= 11 is 0. The highest BCUT2D eigenvalue weighted by molar-refractivity contribution is 7.89. The van der Waals surface area contributed by atoms with E-state index >= 15 is 0 Å². The van der Waals surface area contributed by atoms with Gasteiger partial charge in [-0.2, -0.15) is 4.31 Å². The van der Waals surface area contributed by atoms with Gasteiger partial charge in [0.05, 0.1) is 12.0 Å². The van der Waals surface area contributed by atoms with Crippen LogP contribution in [-0.2, 0) is 26.2 Å². The lowest BCUT2D eigenvalue weighted by Crippen LogP contribution is -2.62. The van der Waals surface area contributed by atoms with Gasteiger partial charge in [-0.15, -0.1) is 0 Å². The number of ether oxygens (including phenoxy) is 1. The molecule has 3 rings (SSSR count). The Hall–Kier alpha value is -3.44. The van der Waals surface area contributed by atoms with Crippen LogP contribution >= 0.6 is 0 Å². The fraction of sp³-hybridized carbons (Fsp3) is 0.400. The van der Waals surface area contributed by atoms with E-state index in [1.807, 2.05) is 44.2 Å². The molecule has 1 atom stereocenters. The molecule has 0 saturated carbocycles. The zero-order valence-electron chi connectivity index (χ0n) is 20.7. The molecule has 1 aliphatic heterocycles. The number of amides is 2. The molecule has 0 aliphatic carbocycles. The van der Waals surface area contributed by atoms with Crippen LogP contribution in [0.3, 0.4) is 0 Å². The summed E-state index contributed by atoms with van der Waals surface area (Å²) in [5.41, 5.74) is 0.575. The standard InChI is InChI=1S/C25H31N3O7S/c1-17(2)27(15-19-8-6-5-7-9-19)24(30)22-16-26(18(3)29)12-13-28(22)36(33,34)20-10-11-23(35-4)21(14-20)25(31)32/h5-11,14,17,22H,12-13,15-16H2,1-4H3,(H,31,32). The number of carbonyl (C=O) groups is 3. The van der Waals surface area contributed by atoms with Crippen molar-refractivity contribution in [1.29, 1.82) is 0 Å². The number of hydrogen-bond acceptors (Lipinski definition) is 6. The molecular formula is C25H31N3O7S. The van der Waals surface area contributed by atoms with Crippen LogP contribution in [0.1, 0.15) is 36.7 Å². The summed E-state index contributed by atoms with van der Waals surface area (Å²) in [6.45, 7) is 5.23. The second-order valence-corrected chi connectivity index (χ2v) is 10.7. The van der Waals surface area contributed by atoms with Gasteiger partial charge in [0.25, 0.3) is 0 Å². The number of carbonyl (C=O) groups excluding carboxylic acids is 2. The summed E-state index contributed by atoms with van der Waals surface area (Å²) in [7, 11) is -3.00. The molecule has 2 aromatic rings. The van der Waals surface area contributed by atoms with Crippen molar-refractivity contribution in [2.24, 2.45) is 0 Å². The van der Waals surface area contributed by atoms with E-state index in [4.69, 9.17) is 4.74 Å². The Morgan fingerprint density at radius 2 is 1.78 bits per heavy atom. The minimum atomic E-state index is -4.29. The SMILES string of the molecule is COc1ccc(S(=O)(=O)N2CCN(C(C)=O)CC2C(=O)N(Cc2ccccc2)C(C)C)cc1C(=O)O. The zero-order valence-corrected chi connectivity index (χ0v) is 21.6. The van der Waals surface area contributed by atoms with E-state index in [9.17, 15) is 27.9 Å². The van der Waals surface area contributed by atoms with Gasteiger partial charge in [0.1, 0.15) is 17.4 Å². The van der Waals surface area contributed by atoms with E-state index in [0.717, 1.165) is 15.9 Å². The summed E-state index contributed by atoms with van der Waals surface area (Å²) in [5, 5.41) is 9.51. The van der Waals surface area contributed by atoms with Crippen LogP contribution < -0.4 is 4.74 Å². The van der Waals surface area contributed by atoms with Gasteiger partial charge in [0.2, 0.25) is 21.8 Å². The van der Waals surface area contributed by atoms with Crippen molar-refractivity contribution in [3.63, 3.8) is 0 Å². The van der Waals surface area contributed by atoms with Gasteiger partial charge in [0.15, 0.2) is 0 Å². The second kappa shape index (κ2) is 11.1. The highest BCUT2D eigenvalue weighted by Gasteiger charge is 2.43. The predicted octanol–water partition coefficient (Wildman–Crippen LogP) is 2.05. The fourth-order valence-electron chi connectivity index (χ4n) is 4.18. The van der Waals surface area contributed by atoms with Crippen LogP contribution in [0.5, 0.6) is 5.75 Å². The molecular weight excluding hydrogens is 486 g/mol. The highest BCUT2D eigenvalue weighted by Crippen LogP contribution is 2.28. The summed E-state index contributed by atoms with van der Waals surface area (Å²) in [6.07, 6.45) is 0. The Labute approximate surface area is 211 Å². The van der Waals surface area contributed by atoms with Crippen molar-refractivity contribution >= 4 is 27.8 Å². The first-order valence-electron chi connectivity index (χ1n) is 11.5. The smallest absolute Gasteiger partial charge is 0.339 e. The Bertz CT molecular complexity index is 1230. The number of sulfonamides is 1. The molecule has 10 nitrogen and oxygen atoms in total. The number of methoxy groups -OCH3 is 1. The number of aromatic carboxylic acids is 1. The second-order valence-electron chi connectivity index (χ2n) is 8.81. The van der Waals surface area contributed by atoms with E-state index in [-0.39, 0.29) is 54.3 Å². The molecule has 194 valence electrons. The quantitative estimate of drug-likeness (QED) is 0.568. The largest absolute Gasteiger partial charge is 0.496 e. The number of hydrogen-bond donors (Lipinski definition) is 1. The van der Waals surface area contributed by atoms with Gasteiger partial charge in [-0.1, -0.05) is 30.3 Å². The molecule has 36 heavy (non-hydrogen) atoms. The topological polar surface area (TPSA) is 125 Å². The highest BCUT2D eigenvalue weighted by atomic mass is 32.2. The van der Waals surface area contributed by atoms with Crippen LogP contribution in [0.4, 0.5) is 0 Å². The zero-order chi connectivity index (χ0) is 26.6. The molecule has 1 saturated heterocycles. The molecule has 0 spiro atoms. The van der Waals surface area contributed by atoms with Crippen molar-refractivity contribution in [1.82, 2.24) is 14.1 Å². The molecule has 0 bridgehead atoms. The van der Waals surface area contributed by atoms with E-state index in [1.165, 1.54) is 31.1 Å². The van der Waals surface area contributed by atoms with Crippen LogP contribution in [0.25, 0.3) is 0 Å². The fourth-order valence-corrected chi connectivity index (χ4v) is 5.77. The number of benzene rings is 2. The minimum Gasteiger partial charge on any atom is -0.496 e. The van der Waals surface area contributed by atoms with Gasteiger partial charge in [0, 0.05) is 39.1 Å². The Balaban J connectivity index is 2.03. The van der Waals surface area contributed by atoms with E-state index in [2.05, 4.69) is 0 Å². The van der Waals surface area contributed by atoms with Crippen molar-refractivity contribution < 1.29 is 32.6 Å². The van der Waals surface area contributed by atoms with Gasteiger partial charge in [-0.05, 0) is 37.6 Å². The van der Waals surface area contributed by atoms with Crippen LogP contribution in [0, 0.1) is 0 Å². The first kappa shape index (κ1) is 27.2. The van der Waals surface area contributed by atoms with E-state index in [1.54, 1.807) is 4.90 Å². The molecule has 2 amide bonds. The van der Waals surface area contributed by atoms with Crippen molar-refractivity contribution in [3.05, 3.63) is 59.7 Å². The first-order valence-corrected chi connectivity index (χ1v) is 12.9. The summed E-state index contributed by atoms with van der Waals surface area (Å²) in [5.74, 6) is -2.02. The van der Waals surface area contributed by atoms with Gasteiger partial charge >= 0.3 is 5.97 Å². The molecule has 1 heterocycles. The van der Waals surface area contributed by atoms with E-state index in [0.29, 0.717) is 0 Å².